The van der Waals surface area contributed by atoms with E-state index in [0.29, 0.717) is 5.92 Å². The molecule has 2 amide bonds. The lowest BCUT2D eigenvalue weighted by Gasteiger charge is -2.19. The van der Waals surface area contributed by atoms with Crippen molar-refractivity contribution in [2.45, 2.75) is 25.8 Å². The Kier molecular flexibility index (Phi) is 4.94. The predicted molar refractivity (Wildman–Crippen MR) is 93.3 cm³/mol. The highest BCUT2D eigenvalue weighted by Crippen LogP contribution is 2.35. The van der Waals surface area contributed by atoms with Crippen molar-refractivity contribution in [2.24, 2.45) is 5.92 Å². The number of amides is 2. The van der Waals surface area contributed by atoms with Crippen molar-refractivity contribution in [3.05, 3.63) is 71.3 Å². The summed E-state index contributed by atoms with van der Waals surface area (Å²) in [5, 5.41) is 5.74. The molecule has 0 radical (unpaired) electrons. The number of fused-ring (bicyclic) bond motifs is 1. The molecule has 4 nitrogen and oxygen atoms in total. The number of hydrogen-bond donors (Lipinski definition) is 2. The fourth-order valence-electron chi connectivity index (χ4n) is 3.26. The van der Waals surface area contributed by atoms with E-state index < -0.39 is 0 Å². The SMILES string of the molecule is C[C@@H]1Cc2ccccc2[C@H]1NC(=O)CNC(=O)Cc1ccccc1. The van der Waals surface area contributed by atoms with Crippen LogP contribution in [0.4, 0.5) is 0 Å². The van der Waals surface area contributed by atoms with Gasteiger partial charge in [0.15, 0.2) is 0 Å². The van der Waals surface area contributed by atoms with Crippen LogP contribution in [0, 0.1) is 5.92 Å². The summed E-state index contributed by atoms with van der Waals surface area (Å²) in [5.41, 5.74) is 3.42. The van der Waals surface area contributed by atoms with Crippen LogP contribution in [-0.2, 0) is 22.4 Å². The van der Waals surface area contributed by atoms with Crippen molar-refractivity contribution in [1.29, 1.82) is 0 Å². The lowest BCUT2D eigenvalue weighted by atomic mass is 10.0. The van der Waals surface area contributed by atoms with Gasteiger partial charge in [0.2, 0.25) is 11.8 Å². The second-order valence-electron chi connectivity index (χ2n) is 6.36. The lowest BCUT2D eigenvalue weighted by Crippen LogP contribution is -2.40. The Morgan fingerprint density at radius 1 is 1.00 bits per heavy atom. The minimum atomic E-state index is -0.148. The highest BCUT2D eigenvalue weighted by atomic mass is 16.2. The molecule has 0 bridgehead atoms. The monoisotopic (exact) mass is 322 g/mol. The molecule has 0 saturated heterocycles. The molecule has 3 rings (SSSR count). The number of carbonyl (C=O) groups excluding carboxylic acids is 2. The highest BCUT2D eigenvalue weighted by molar-refractivity contribution is 5.86. The van der Waals surface area contributed by atoms with E-state index in [1.165, 1.54) is 11.1 Å². The molecule has 2 atom stereocenters. The Balaban J connectivity index is 1.50. The average Bonchev–Trinajstić information content (AvgIpc) is 2.90. The van der Waals surface area contributed by atoms with Gasteiger partial charge in [0.25, 0.3) is 0 Å². The van der Waals surface area contributed by atoms with Crippen LogP contribution in [0.25, 0.3) is 0 Å². The van der Waals surface area contributed by atoms with E-state index in [9.17, 15) is 9.59 Å². The maximum atomic E-state index is 12.2. The van der Waals surface area contributed by atoms with E-state index in [4.69, 9.17) is 0 Å². The normalized spacial score (nSPS) is 18.7. The number of hydrogen-bond acceptors (Lipinski definition) is 2. The standard InChI is InChI=1S/C20H22N2O2/c1-14-11-16-9-5-6-10-17(16)20(14)22-19(24)13-21-18(23)12-15-7-3-2-4-8-15/h2-10,14,20H,11-13H2,1H3,(H,21,23)(H,22,24)/t14-,20+/m1/s1. The van der Waals surface area contributed by atoms with Gasteiger partial charge in [-0.05, 0) is 29.0 Å². The van der Waals surface area contributed by atoms with Crippen molar-refractivity contribution < 1.29 is 9.59 Å². The van der Waals surface area contributed by atoms with Gasteiger partial charge in [-0.3, -0.25) is 9.59 Å². The summed E-state index contributed by atoms with van der Waals surface area (Å²) in [5.74, 6) is 0.0764. The number of nitrogens with one attached hydrogen (secondary N) is 2. The van der Waals surface area contributed by atoms with Crippen molar-refractivity contribution in [2.75, 3.05) is 6.54 Å². The number of benzene rings is 2. The highest BCUT2D eigenvalue weighted by Gasteiger charge is 2.29. The molecule has 4 heteroatoms. The predicted octanol–water partition coefficient (Wildman–Crippen LogP) is 2.40. The number of rotatable bonds is 5. The molecular formula is C20H22N2O2. The Bertz CT molecular complexity index is 727. The molecular weight excluding hydrogens is 300 g/mol. The van der Waals surface area contributed by atoms with Gasteiger partial charge in [0, 0.05) is 0 Å². The zero-order valence-electron chi connectivity index (χ0n) is 13.8. The molecule has 0 spiro atoms. The van der Waals surface area contributed by atoms with Crippen molar-refractivity contribution in [3.8, 4) is 0 Å². The summed E-state index contributed by atoms with van der Waals surface area (Å²) in [6.45, 7) is 2.15. The van der Waals surface area contributed by atoms with E-state index in [0.717, 1.165) is 12.0 Å². The third-order valence-electron chi connectivity index (χ3n) is 4.47. The Hall–Kier alpha value is -2.62. The maximum absolute atomic E-state index is 12.2. The molecule has 2 N–H and O–H groups in total. The fourth-order valence-corrected chi connectivity index (χ4v) is 3.26. The molecule has 0 aromatic heterocycles. The van der Waals surface area contributed by atoms with E-state index in [1.807, 2.05) is 42.5 Å². The summed E-state index contributed by atoms with van der Waals surface area (Å²) < 4.78 is 0. The summed E-state index contributed by atoms with van der Waals surface area (Å²) in [4.78, 5) is 24.1. The maximum Gasteiger partial charge on any atom is 0.239 e. The first-order chi connectivity index (χ1) is 11.6. The minimum Gasteiger partial charge on any atom is -0.347 e. The molecule has 124 valence electrons. The van der Waals surface area contributed by atoms with Gasteiger partial charge in [-0.1, -0.05) is 61.5 Å². The Labute approximate surface area is 142 Å². The van der Waals surface area contributed by atoms with Crippen LogP contribution in [0.1, 0.15) is 29.7 Å². The third-order valence-corrected chi connectivity index (χ3v) is 4.47. The molecule has 24 heavy (non-hydrogen) atoms. The van der Waals surface area contributed by atoms with E-state index >= 15 is 0 Å². The fraction of sp³-hybridized carbons (Fsp3) is 0.300. The molecule has 0 unspecified atom stereocenters. The van der Waals surface area contributed by atoms with Crippen LogP contribution >= 0.6 is 0 Å². The Morgan fingerprint density at radius 2 is 1.71 bits per heavy atom. The number of carbonyl (C=O) groups is 2. The zero-order chi connectivity index (χ0) is 16.9. The molecule has 0 heterocycles. The third kappa shape index (κ3) is 3.82. The van der Waals surface area contributed by atoms with Crippen molar-refractivity contribution in [3.63, 3.8) is 0 Å². The molecule has 0 saturated carbocycles. The van der Waals surface area contributed by atoms with Gasteiger partial charge < -0.3 is 10.6 Å². The quantitative estimate of drug-likeness (QED) is 0.888. The molecule has 1 aliphatic rings. The van der Waals surface area contributed by atoms with Crippen molar-refractivity contribution in [1.82, 2.24) is 10.6 Å². The van der Waals surface area contributed by atoms with E-state index in [2.05, 4.69) is 29.7 Å². The first-order valence-electron chi connectivity index (χ1n) is 8.31. The average molecular weight is 322 g/mol. The van der Waals surface area contributed by atoms with Gasteiger partial charge in [-0.2, -0.15) is 0 Å². The largest absolute Gasteiger partial charge is 0.347 e. The first-order valence-corrected chi connectivity index (χ1v) is 8.31. The van der Waals surface area contributed by atoms with Crippen molar-refractivity contribution >= 4 is 11.8 Å². The Morgan fingerprint density at radius 3 is 2.50 bits per heavy atom. The van der Waals surface area contributed by atoms with Gasteiger partial charge >= 0.3 is 0 Å². The summed E-state index contributed by atoms with van der Waals surface area (Å²) in [6.07, 6.45) is 1.26. The van der Waals surface area contributed by atoms with Gasteiger partial charge in [0.1, 0.15) is 0 Å². The van der Waals surface area contributed by atoms with Gasteiger partial charge in [-0.15, -0.1) is 0 Å². The lowest BCUT2D eigenvalue weighted by molar-refractivity contribution is -0.126. The van der Waals surface area contributed by atoms with E-state index in [-0.39, 0.29) is 30.8 Å². The van der Waals surface area contributed by atoms with Gasteiger partial charge in [-0.25, -0.2) is 0 Å². The topological polar surface area (TPSA) is 58.2 Å². The summed E-state index contributed by atoms with van der Waals surface area (Å²) >= 11 is 0. The molecule has 2 aromatic carbocycles. The van der Waals surface area contributed by atoms with Crippen LogP contribution in [0.3, 0.4) is 0 Å². The molecule has 0 fully saturated rings. The van der Waals surface area contributed by atoms with Crippen LogP contribution in [0.15, 0.2) is 54.6 Å². The van der Waals surface area contributed by atoms with E-state index in [1.54, 1.807) is 0 Å². The van der Waals surface area contributed by atoms with Crippen LogP contribution in [0.5, 0.6) is 0 Å². The second kappa shape index (κ2) is 7.30. The van der Waals surface area contributed by atoms with Crippen LogP contribution < -0.4 is 10.6 Å². The van der Waals surface area contributed by atoms with Crippen LogP contribution in [0.2, 0.25) is 0 Å². The summed E-state index contributed by atoms with van der Waals surface area (Å²) in [6, 6.07) is 17.7. The molecule has 2 aromatic rings. The van der Waals surface area contributed by atoms with Crippen LogP contribution in [-0.4, -0.2) is 18.4 Å². The van der Waals surface area contributed by atoms with Gasteiger partial charge in [0.05, 0.1) is 19.0 Å². The first kappa shape index (κ1) is 16.2. The summed E-state index contributed by atoms with van der Waals surface area (Å²) in [7, 11) is 0. The second-order valence-corrected chi connectivity index (χ2v) is 6.36. The smallest absolute Gasteiger partial charge is 0.239 e. The minimum absolute atomic E-state index is 0.0110. The molecule has 0 aliphatic heterocycles. The zero-order valence-corrected chi connectivity index (χ0v) is 13.8. The molecule has 1 aliphatic carbocycles.